The van der Waals surface area contributed by atoms with Crippen molar-refractivity contribution < 1.29 is 9.53 Å². The number of aromatic nitrogens is 5. The normalized spacial score (nSPS) is 21.2. The van der Waals surface area contributed by atoms with E-state index < -0.39 is 0 Å². The molecule has 1 saturated heterocycles. The van der Waals surface area contributed by atoms with E-state index in [2.05, 4.69) is 20.2 Å². The lowest BCUT2D eigenvalue weighted by atomic mass is 10.2. The number of H-pyrrole nitrogens is 1. The molecule has 1 aliphatic rings. The quantitative estimate of drug-likeness (QED) is 0.781. The Balaban J connectivity index is 1.67. The van der Waals surface area contributed by atoms with Gasteiger partial charge in [0.1, 0.15) is 17.8 Å². The van der Waals surface area contributed by atoms with E-state index in [0.29, 0.717) is 24.5 Å². The van der Waals surface area contributed by atoms with Gasteiger partial charge >= 0.3 is 0 Å². The maximum Gasteiger partial charge on any atom is 0.273 e. The van der Waals surface area contributed by atoms with Gasteiger partial charge in [-0.15, -0.1) is 0 Å². The number of nitrogens with one attached hydrogen (secondary N) is 1. The molecule has 0 bridgehead atoms. The molecular weight excluding hydrogens is 296 g/mol. The molecule has 2 atom stereocenters. The first kappa shape index (κ1) is 13.9. The number of hydrogen-bond donors (Lipinski definition) is 1. The van der Waals surface area contributed by atoms with E-state index in [1.807, 2.05) is 22.7 Å². The zero-order valence-corrected chi connectivity index (χ0v) is 12.6. The molecule has 0 radical (unpaired) electrons. The summed E-state index contributed by atoms with van der Waals surface area (Å²) in [6.45, 7) is 0.509. The average Bonchev–Trinajstić information content (AvgIpc) is 3.31. The topological polar surface area (TPSA) is 88.4 Å². The average molecular weight is 312 g/mol. The van der Waals surface area contributed by atoms with E-state index in [-0.39, 0.29) is 18.1 Å². The van der Waals surface area contributed by atoms with Gasteiger partial charge in [0.15, 0.2) is 0 Å². The lowest BCUT2D eigenvalue weighted by Gasteiger charge is -2.22. The number of nitrogens with zero attached hydrogens (tertiary/aromatic N) is 5. The Labute approximate surface area is 132 Å². The molecule has 4 rings (SSSR count). The number of hydrogen-bond acceptors (Lipinski definition) is 5. The molecule has 3 aromatic heterocycles. The Hall–Kier alpha value is -2.74. The van der Waals surface area contributed by atoms with Crippen molar-refractivity contribution in [1.82, 2.24) is 29.5 Å². The van der Waals surface area contributed by atoms with E-state index >= 15 is 0 Å². The van der Waals surface area contributed by atoms with Crippen LogP contribution in [0.25, 0.3) is 5.52 Å². The molecule has 23 heavy (non-hydrogen) atoms. The molecule has 0 spiro atoms. The van der Waals surface area contributed by atoms with Crippen LogP contribution in [0.1, 0.15) is 28.8 Å². The Bertz CT molecular complexity index is 827. The third-order valence-corrected chi connectivity index (χ3v) is 4.24. The van der Waals surface area contributed by atoms with Crippen LogP contribution in [0.2, 0.25) is 0 Å². The van der Waals surface area contributed by atoms with Gasteiger partial charge in [-0.2, -0.15) is 5.10 Å². The Kier molecular flexibility index (Phi) is 3.30. The van der Waals surface area contributed by atoms with Crippen molar-refractivity contribution in [1.29, 1.82) is 0 Å². The van der Waals surface area contributed by atoms with Crippen molar-refractivity contribution in [3.8, 4) is 0 Å². The predicted octanol–water partition coefficient (Wildman–Crippen LogP) is 1.05. The van der Waals surface area contributed by atoms with Crippen LogP contribution in [0.15, 0.2) is 37.1 Å². The van der Waals surface area contributed by atoms with Crippen LogP contribution in [0.5, 0.6) is 0 Å². The highest BCUT2D eigenvalue weighted by Gasteiger charge is 2.38. The van der Waals surface area contributed by atoms with Crippen LogP contribution >= 0.6 is 0 Å². The van der Waals surface area contributed by atoms with Gasteiger partial charge in [-0.3, -0.25) is 9.89 Å². The molecular formula is C15H16N6O2. The van der Waals surface area contributed by atoms with Crippen LogP contribution in [0.3, 0.4) is 0 Å². The summed E-state index contributed by atoms with van der Waals surface area (Å²) < 4.78 is 7.30. The van der Waals surface area contributed by atoms with E-state index in [1.54, 1.807) is 24.4 Å². The number of aromatic amines is 1. The SMILES string of the molecule is CO[C@@H]1C[C@@H](c2ncn[nH]2)N(C(=O)c2cc3cccn3cn2)C1. The highest BCUT2D eigenvalue weighted by atomic mass is 16.5. The van der Waals surface area contributed by atoms with Crippen molar-refractivity contribution >= 4 is 11.4 Å². The minimum atomic E-state index is -0.181. The molecule has 1 N–H and O–H groups in total. The number of carbonyl (C=O) groups excluding carboxylic acids is 1. The largest absolute Gasteiger partial charge is 0.380 e. The van der Waals surface area contributed by atoms with Gasteiger partial charge in [-0.25, -0.2) is 9.97 Å². The van der Waals surface area contributed by atoms with Crippen LogP contribution in [0.4, 0.5) is 0 Å². The minimum Gasteiger partial charge on any atom is -0.380 e. The van der Waals surface area contributed by atoms with Crippen molar-refractivity contribution in [3.05, 3.63) is 48.6 Å². The van der Waals surface area contributed by atoms with Gasteiger partial charge in [0.25, 0.3) is 5.91 Å². The Morgan fingerprint density at radius 3 is 3.13 bits per heavy atom. The fourth-order valence-corrected chi connectivity index (χ4v) is 3.03. The first-order chi connectivity index (χ1) is 11.3. The molecule has 1 aliphatic heterocycles. The molecule has 0 aliphatic carbocycles. The highest BCUT2D eigenvalue weighted by Crippen LogP contribution is 2.32. The second kappa shape index (κ2) is 5.47. The number of ether oxygens (including phenoxy) is 1. The van der Waals surface area contributed by atoms with Gasteiger partial charge < -0.3 is 14.0 Å². The summed E-state index contributed by atoms with van der Waals surface area (Å²) in [5.74, 6) is 0.538. The fourth-order valence-electron chi connectivity index (χ4n) is 3.03. The van der Waals surface area contributed by atoms with Crippen LogP contribution in [0, 0.1) is 0 Å². The maximum atomic E-state index is 12.9. The highest BCUT2D eigenvalue weighted by molar-refractivity contribution is 5.93. The van der Waals surface area contributed by atoms with Crippen molar-refractivity contribution in [3.63, 3.8) is 0 Å². The first-order valence-corrected chi connectivity index (χ1v) is 7.38. The van der Waals surface area contributed by atoms with Crippen LogP contribution in [-0.4, -0.2) is 55.1 Å². The van der Waals surface area contributed by atoms with Gasteiger partial charge in [0, 0.05) is 31.8 Å². The number of amides is 1. The fraction of sp³-hybridized carbons (Fsp3) is 0.333. The Morgan fingerprint density at radius 2 is 2.35 bits per heavy atom. The summed E-state index contributed by atoms with van der Waals surface area (Å²) >= 11 is 0. The van der Waals surface area contributed by atoms with Crippen molar-refractivity contribution in [2.45, 2.75) is 18.6 Å². The number of likely N-dealkylation sites (tertiary alicyclic amines) is 1. The summed E-state index contributed by atoms with van der Waals surface area (Å²) in [5, 5.41) is 6.73. The number of rotatable bonds is 3. The number of fused-ring (bicyclic) bond motifs is 1. The monoisotopic (exact) mass is 312 g/mol. The molecule has 4 heterocycles. The summed E-state index contributed by atoms with van der Waals surface area (Å²) in [6, 6.07) is 5.47. The van der Waals surface area contributed by atoms with Gasteiger partial charge in [-0.1, -0.05) is 0 Å². The van der Waals surface area contributed by atoms with Crippen LogP contribution < -0.4 is 0 Å². The van der Waals surface area contributed by atoms with E-state index in [1.165, 1.54) is 6.33 Å². The van der Waals surface area contributed by atoms with Crippen molar-refractivity contribution in [2.24, 2.45) is 0 Å². The summed E-state index contributed by atoms with van der Waals surface area (Å²) in [4.78, 5) is 23.1. The lowest BCUT2D eigenvalue weighted by molar-refractivity contribution is 0.0678. The van der Waals surface area contributed by atoms with Gasteiger partial charge in [0.2, 0.25) is 0 Å². The smallest absolute Gasteiger partial charge is 0.273 e. The lowest BCUT2D eigenvalue weighted by Crippen LogP contribution is -2.33. The van der Waals surface area contributed by atoms with Crippen LogP contribution in [-0.2, 0) is 4.74 Å². The summed E-state index contributed by atoms with van der Waals surface area (Å²) in [5.41, 5.74) is 1.35. The second-order valence-corrected chi connectivity index (χ2v) is 5.55. The van der Waals surface area contributed by atoms with Gasteiger partial charge in [0.05, 0.1) is 18.5 Å². The molecule has 8 nitrogen and oxygen atoms in total. The molecule has 0 aromatic carbocycles. The third-order valence-electron chi connectivity index (χ3n) is 4.24. The second-order valence-electron chi connectivity index (χ2n) is 5.55. The van der Waals surface area contributed by atoms with E-state index in [9.17, 15) is 4.79 Å². The standard InChI is InChI=1S/C15H16N6O2/c1-23-11-6-13(14-16-8-18-19-14)21(7-11)15(22)12-5-10-3-2-4-20(10)9-17-12/h2-5,8-9,11,13H,6-7H2,1H3,(H,16,18,19)/t11-,13+/m1/s1. The maximum absolute atomic E-state index is 12.9. The summed E-state index contributed by atoms with van der Waals surface area (Å²) in [7, 11) is 1.65. The molecule has 118 valence electrons. The molecule has 3 aromatic rings. The number of carbonyl (C=O) groups is 1. The number of methoxy groups -OCH3 is 1. The molecule has 0 saturated carbocycles. The van der Waals surface area contributed by atoms with E-state index in [4.69, 9.17) is 4.74 Å². The zero-order valence-electron chi connectivity index (χ0n) is 12.6. The van der Waals surface area contributed by atoms with E-state index in [0.717, 1.165) is 5.52 Å². The molecule has 1 fully saturated rings. The first-order valence-electron chi connectivity index (χ1n) is 7.38. The van der Waals surface area contributed by atoms with Gasteiger partial charge in [-0.05, 0) is 18.2 Å². The zero-order chi connectivity index (χ0) is 15.8. The molecule has 0 unspecified atom stereocenters. The third kappa shape index (κ3) is 2.36. The predicted molar refractivity (Wildman–Crippen MR) is 80.8 cm³/mol. The molecule has 8 heteroatoms. The minimum absolute atomic E-state index is 0.0221. The van der Waals surface area contributed by atoms with Crippen molar-refractivity contribution in [2.75, 3.05) is 13.7 Å². The Morgan fingerprint density at radius 1 is 1.43 bits per heavy atom. The summed E-state index contributed by atoms with van der Waals surface area (Å²) in [6.07, 6.45) is 5.65. The molecule has 1 amide bonds.